The van der Waals surface area contributed by atoms with Gasteiger partial charge in [0.05, 0.1) is 7.11 Å². The molecular weight excluding hydrogens is 176 g/mol. The normalized spacial score (nSPS) is 13.8. The average molecular weight is 200 g/mol. The fourth-order valence-electron chi connectivity index (χ4n) is 1.60. The van der Waals surface area contributed by atoms with Gasteiger partial charge in [-0.3, -0.25) is 4.79 Å². The standard InChI is InChI=1S/C12H24O2/c1-6-7-10(2)12(3,4)9-8-11(13)14-5/h10H,6-9H2,1-5H3. The molecule has 0 saturated heterocycles. The third kappa shape index (κ3) is 4.64. The van der Waals surface area contributed by atoms with Gasteiger partial charge in [0.25, 0.3) is 0 Å². The lowest BCUT2D eigenvalue weighted by atomic mass is 9.74. The van der Waals surface area contributed by atoms with Crippen LogP contribution in [0.3, 0.4) is 0 Å². The molecule has 0 amide bonds. The van der Waals surface area contributed by atoms with E-state index in [1.165, 1.54) is 20.0 Å². The van der Waals surface area contributed by atoms with E-state index in [4.69, 9.17) is 0 Å². The molecule has 0 aliphatic heterocycles. The first kappa shape index (κ1) is 13.5. The molecule has 0 aliphatic carbocycles. The molecule has 0 bridgehead atoms. The van der Waals surface area contributed by atoms with Crippen LogP contribution in [0.5, 0.6) is 0 Å². The summed E-state index contributed by atoms with van der Waals surface area (Å²) in [6, 6.07) is 0. The molecule has 0 radical (unpaired) electrons. The zero-order valence-corrected chi connectivity index (χ0v) is 10.2. The maximum atomic E-state index is 11.0. The molecule has 0 saturated carbocycles. The van der Waals surface area contributed by atoms with Crippen molar-refractivity contribution in [3.63, 3.8) is 0 Å². The molecular formula is C12H24O2. The first-order valence-corrected chi connectivity index (χ1v) is 5.50. The van der Waals surface area contributed by atoms with Gasteiger partial charge in [0, 0.05) is 6.42 Å². The molecule has 2 heteroatoms. The van der Waals surface area contributed by atoms with Gasteiger partial charge in [0.15, 0.2) is 0 Å². The highest BCUT2D eigenvalue weighted by molar-refractivity contribution is 5.69. The maximum absolute atomic E-state index is 11.0. The second-order valence-corrected chi connectivity index (χ2v) is 4.75. The summed E-state index contributed by atoms with van der Waals surface area (Å²) < 4.78 is 4.65. The number of hydrogen-bond acceptors (Lipinski definition) is 2. The van der Waals surface area contributed by atoms with E-state index in [2.05, 4.69) is 32.4 Å². The SMILES string of the molecule is CCCC(C)C(C)(C)CCC(=O)OC. The maximum Gasteiger partial charge on any atom is 0.305 e. The lowest BCUT2D eigenvalue weighted by Gasteiger charge is -2.31. The molecule has 0 aromatic heterocycles. The number of rotatable bonds is 6. The van der Waals surface area contributed by atoms with Gasteiger partial charge in [0.1, 0.15) is 0 Å². The van der Waals surface area contributed by atoms with Gasteiger partial charge in [0.2, 0.25) is 0 Å². The van der Waals surface area contributed by atoms with Crippen LogP contribution in [0.2, 0.25) is 0 Å². The number of hydrogen-bond donors (Lipinski definition) is 0. The molecule has 0 aromatic carbocycles. The summed E-state index contributed by atoms with van der Waals surface area (Å²) >= 11 is 0. The molecule has 0 aliphatic rings. The smallest absolute Gasteiger partial charge is 0.305 e. The summed E-state index contributed by atoms with van der Waals surface area (Å²) in [7, 11) is 1.45. The summed E-state index contributed by atoms with van der Waals surface area (Å²) in [6.45, 7) is 8.93. The van der Waals surface area contributed by atoms with E-state index in [0.717, 1.165) is 6.42 Å². The predicted molar refractivity (Wildman–Crippen MR) is 59.1 cm³/mol. The zero-order chi connectivity index (χ0) is 11.2. The molecule has 84 valence electrons. The van der Waals surface area contributed by atoms with Gasteiger partial charge in [-0.2, -0.15) is 0 Å². The molecule has 14 heavy (non-hydrogen) atoms. The van der Waals surface area contributed by atoms with Crippen LogP contribution in [0, 0.1) is 11.3 Å². The first-order chi connectivity index (χ1) is 6.44. The molecule has 0 fully saturated rings. The molecule has 0 spiro atoms. The van der Waals surface area contributed by atoms with E-state index in [9.17, 15) is 4.79 Å². The van der Waals surface area contributed by atoms with E-state index in [1.807, 2.05) is 0 Å². The molecule has 0 heterocycles. The van der Waals surface area contributed by atoms with E-state index in [-0.39, 0.29) is 11.4 Å². The Morgan fingerprint density at radius 3 is 2.43 bits per heavy atom. The number of carbonyl (C=O) groups is 1. The monoisotopic (exact) mass is 200 g/mol. The van der Waals surface area contributed by atoms with Gasteiger partial charge in [-0.1, -0.05) is 40.5 Å². The van der Waals surface area contributed by atoms with E-state index in [1.54, 1.807) is 0 Å². The van der Waals surface area contributed by atoms with Crippen molar-refractivity contribution in [3.05, 3.63) is 0 Å². The molecule has 2 nitrogen and oxygen atoms in total. The third-order valence-corrected chi connectivity index (χ3v) is 3.26. The molecule has 0 aromatic rings. The fraction of sp³-hybridized carbons (Fsp3) is 0.917. The van der Waals surface area contributed by atoms with Crippen LogP contribution in [-0.4, -0.2) is 13.1 Å². The number of ether oxygens (including phenoxy) is 1. The minimum absolute atomic E-state index is 0.0956. The van der Waals surface area contributed by atoms with Crippen LogP contribution < -0.4 is 0 Å². The Bertz CT molecular complexity index is 173. The minimum atomic E-state index is -0.0956. The second kappa shape index (κ2) is 6.05. The van der Waals surface area contributed by atoms with E-state index in [0.29, 0.717) is 12.3 Å². The summed E-state index contributed by atoms with van der Waals surface area (Å²) in [5, 5.41) is 0. The third-order valence-electron chi connectivity index (χ3n) is 3.26. The quantitative estimate of drug-likeness (QED) is 0.614. The lowest BCUT2D eigenvalue weighted by molar-refractivity contribution is -0.141. The lowest BCUT2D eigenvalue weighted by Crippen LogP contribution is -2.22. The van der Waals surface area contributed by atoms with Crippen LogP contribution in [0.15, 0.2) is 0 Å². The molecule has 0 N–H and O–H groups in total. The molecule has 0 rings (SSSR count). The van der Waals surface area contributed by atoms with Gasteiger partial charge in [-0.25, -0.2) is 0 Å². The van der Waals surface area contributed by atoms with Crippen molar-refractivity contribution in [1.29, 1.82) is 0 Å². The van der Waals surface area contributed by atoms with Crippen molar-refractivity contribution in [2.75, 3.05) is 7.11 Å². The highest BCUT2D eigenvalue weighted by atomic mass is 16.5. The summed E-state index contributed by atoms with van der Waals surface area (Å²) in [4.78, 5) is 11.0. The average Bonchev–Trinajstić information content (AvgIpc) is 2.14. The summed E-state index contributed by atoms with van der Waals surface area (Å²) in [5.41, 5.74) is 0.240. The second-order valence-electron chi connectivity index (χ2n) is 4.75. The van der Waals surface area contributed by atoms with Crippen molar-refractivity contribution in [1.82, 2.24) is 0 Å². The van der Waals surface area contributed by atoms with Crippen molar-refractivity contribution in [2.45, 2.75) is 53.4 Å². The van der Waals surface area contributed by atoms with Gasteiger partial charge in [-0.05, 0) is 17.8 Å². The zero-order valence-electron chi connectivity index (χ0n) is 10.2. The van der Waals surface area contributed by atoms with Gasteiger partial charge < -0.3 is 4.74 Å². The Morgan fingerprint density at radius 1 is 1.43 bits per heavy atom. The highest BCUT2D eigenvalue weighted by Gasteiger charge is 2.25. The van der Waals surface area contributed by atoms with Crippen molar-refractivity contribution in [3.8, 4) is 0 Å². The Labute approximate surface area is 88.0 Å². The Kier molecular flexibility index (Phi) is 5.82. The van der Waals surface area contributed by atoms with Crippen LogP contribution >= 0.6 is 0 Å². The minimum Gasteiger partial charge on any atom is -0.469 e. The van der Waals surface area contributed by atoms with E-state index >= 15 is 0 Å². The van der Waals surface area contributed by atoms with Crippen LogP contribution in [0.25, 0.3) is 0 Å². The van der Waals surface area contributed by atoms with Crippen molar-refractivity contribution < 1.29 is 9.53 Å². The number of esters is 1. The Balaban J connectivity index is 3.99. The van der Waals surface area contributed by atoms with Crippen LogP contribution in [-0.2, 0) is 9.53 Å². The highest BCUT2D eigenvalue weighted by Crippen LogP contribution is 2.34. The Hall–Kier alpha value is -0.530. The van der Waals surface area contributed by atoms with Crippen LogP contribution in [0.1, 0.15) is 53.4 Å². The first-order valence-electron chi connectivity index (χ1n) is 5.50. The molecule has 1 unspecified atom stereocenters. The Morgan fingerprint density at radius 2 is 2.00 bits per heavy atom. The van der Waals surface area contributed by atoms with Gasteiger partial charge >= 0.3 is 5.97 Å². The van der Waals surface area contributed by atoms with Crippen molar-refractivity contribution >= 4 is 5.97 Å². The van der Waals surface area contributed by atoms with Gasteiger partial charge in [-0.15, -0.1) is 0 Å². The number of carbonyl (C=O) groups excluding carboxylic acids is 1. The largest absolute Gasteiger partial charge is 0.469 e. The fourth-order valence-corrected chi connectivity index (χ4v) is 1.60. The van der Waals surface area contributed by atoms with E-state index < -0.39 is 0 Å². The topological polar surface area (TPSA) is 26.3 Å². The van der Waals surface area contributed by atoms with Crippen molar-refractivity contribution in [2.24, 2.45) is 11.3 Å². The molecule has 1 atom stereocenters. The predicted octanol–water partition coefficient (Wildman–Crippen LogP) is 3.40. The summed E-state index contributed by atoms with van der Waals surface area (Å²) in [6.07, 6.45) is 3.90. The summed E-state index contributed by atoms with van der Waals surface area (Å²) in [5.74, 6) is 0.568. The number of methoxy groups -OCH3 is 1. The van der Waals surface area contributed by atoms with Crippen LogP contribution in [0.4, 0.5) is 0 Å².